The Bertz CT molecular complexity index is 336. The summed E-state index contributed by atoms with van der Waals surface area (Å²) in [7, 11) is 0. The van der Waals surface area contributed by atoms with Gasteiger partial charge in [-0.05, 0) is 0 Å². The zero-order valence-corrected chi connectivity index (χ0v) is 7.29. The molecule has 0 bridgehead atoms. The minimum absolute atomic E-state index is 0.489. The van der Waals surface area contributed by atoms with Gasteiger partial charge in [0.05, 0.1) is 0 Å². The number of hydrogen-bond donors (Lipinski definition) is 1. The topological polar surface area (TPSA) is 81.3 Å². The number of aromatic nitrogens is 1. The summed E-state index contributed by atoms with van der Waals surface area (Å²) >= 11 is 0. The average molecular weight is 195 g/mol. The zero-order valence-electron chi connectivity index (χ0n) is 7.29. The largest absolute Gasteiger partial charge is 0.543 e. The number of aliphatic carboxylic acids is 2. The Morgan fingerprint density at radius 2 is 1.86 bits per heavy atom. The summed E-state index contributed by atoms with van der Waals surface area (Å²) in [6, 6.07) is 3.80. The number of carboxylic acid groups (broad SMARTS) is 2. The van der Waals surface area contributed by atoms with Gasteiger partial charge in [0, 0.05) is 12.1 Å². The summed E-state index contributed by atoms with van der Waals surface area (Å²) in [5.74, 6) is -2.57. The minimum Gasteiger partial charge on any atom is -0.543 e. The van der Waals surface area contributed by atoms with Crippen molar-refractivity contribution in [1.82, 2.24) is 0 Å². The molecule has 0 saturated carbocycles. The van der Waals surface area contributed by atoms with Gasteiger partial charge in [0.25, 0.3) is 0 Å². The van der Waals surface area contributed by atoms with E-state index >= 15 is 0 Å². The van der Waals surface area contributed by atoms with Crippen LogP contribution < -0.4 is 9.67 Å². The van der Waals surface area contributed by atoms with Gasteiger partial charge in [0.15, 0.2) is 12.4 Å². The number of carbonyl (C=O) groups is 2. The van der Waals surface area contributed by atoms with E-state index in [1.54, 1.807) is 18.2 Å². The van der Waals surface area contributed by atoms with E-state index in [0.29, 0.717) is 0 Å². The molecule has 5 nitrogen and oxygen atoms in total. The fraction of sp³-hybridized carbons (Fsp3) is 0.222. The van der Waals surface area contributed by atoms with Crippen LogP contribution in [0.4, 0.5) is 0 Å². The van der Waals surface area contributed by atoms with Gasteiger partial charge < -0.3 is 15.0 Å². The lowest BCUT2D eigenvalue weighted by molar-refractivity contribution is -0.715. The normalized spacial score (nSPS) is 12.0. The molecule has 1 N–H and O–H groups in total. The molecule has 0 saturated heterocycles. The third kappa shape index (κ3) is 2.55. The minimum atomic E-state index is -1.40. The Morgan fingerprint density at radius 1 is 1.29 bits per heavy atom. The molecule has 0 fully saturated rings. The first-order valence-corrected chi connectivity index (χ1v) is 3.99. The second kappa shape index (κ2) is 4.36. The molecule has 0 spiro atoms. The molecular formula is C9H9NO4. The van der Waals surface area contributed by atoms with E-state index < -0.39 is 24.4 Å². The van der Waals surface area contributed by atoms with Crippen molar-refractivity contribution in [2.45, 2.75) is 12.5 Å². The van der Waals surface area contributed by atoms with E-state index in [1.807, 2.05) is 0 Å². The maximum absolute atomic E-state index is 10.6. The highest BCUT2D eigenvalue weighted by Gasteiger charge is 2.22. The van der Waals surface area contributed by atoms with E-state index in [2.05, 4.69) is 0 Å². The van der Waals surface area contributed by atoms with E-state index in [4.69, 9.17) is 5.11 Å². The predicted molar refractivity (Wildman–Crippen MR) is 42.9 cm³/mol. The van der Waals surface area contributed by atoms with Crippen molar-refractivity contribution in [2.75, 3.05) is 0 Å². The Morgan fingerprint density at radius 3 is 2.29 bits per heavy atom. The van der Waals surface area contributed by atoms with Crippen LogP contribution in [-0.4, -0.2) is 17.0 Å². The second-order valence-electron chi connectivity index (χ2n) is 2.76. The molecule has 1 rings (SSSR count). The van der Waals surface area contributed by atoms with Crippen molar-refractivity contribution < 1.29 is 24.4 Å². The molecule has 1 aromatic heterocycles. The van der Waals surface area contributed by atoms with E-state index in [0.717, 1.165) is 0 Å². The predicted octanol–water partition coefficient (Wildman–Crippen LogP) is -1.26. The van der Waals surface area contributed by atoms with Crippen molar-refractivity contribution >= 4 is 11.9 Å². The summed E-state index contributed by atoms with van der Waals surface area (Å²) in [4.78, 5) is 21.0. The van der Waals surface area contributed by atoms with E-state index in [9.17, 15) is 14.7 Å². The monoisotopic (exact) mass is 195 g/mol. The molecule has 0 radical (unpaired) electrons. The van der Waals surface area contributed by atoms with Crippen molar-refractivity contribution in [3.63, 3.8) is 0 Å². The fourth-order valence-corrected chi connectivity index (χ4v) is 1.10. The quantitative estimate of drug-likeness (QED) is 0.608. The Hall–Kier alpha value is -1.91. The molecule has 0 aromatic carbocycles. The van der Waals surface area contributed by atoms with Crippen LogP contribution in [0.3, 0.4) is 0 Å². The Kier molecular flexibility index (Phi) is 3.17. The van der Waals surface area contributed by atoms with Crippen LogP contribution in [0.1, 0.15) is 12.5 Å². The zero-order chi connectivity index (χ0) is 10.6. The highest BCUT2D eigenvalue weighted by molar-refractivity contribution is 5.76. The lowest BCUT2D eigenvalue weighted by Crippen LogP contribution is -2.49. The molecule has 5 heteroatoms. The third-order valence-electron chi connectivity index (χ3n) is 1.74. The summed E-state index contributed by atoms with van der Waals surface area (Å²) < 4.78 is 1.30. The number of carbonyl (C=O) groups excluding carboxylic acids is 1. The lowest BCUT2D eigenvalue weighted by Gasteiger charge is -2.10. The highest BCUT2D eigenvalue weighted by atomic mass is 16.4. The summed E-state index contributed by atoms with van der Waals surface area (Å²) in [5.41, 5.74) is 0. The van der Waals surface area contributed by atoms with Crippen molar-refractivity contribution in [1.29, 1.82) is 0 Å². The Labute approximate surface area is 80.2 Å². The van der Waals surface area contributed by atoms with Crippen LogP contribution in [0.2, 0.25) is 0 Å². The third-order valence-corrected chi connectivity index (χ3v) is 1.74. The first kappa shape index (κ1) is 10.2. The van der Waals surface area contributed by atoms with Gasteiger partial charge in [-0.3, -0.25) is 4.79 Å². The van der Waals surface area contributed by atoms with Crippen molar-refractivity contribution in [3.05, 3.63) is 30.6 Å². The maximum Gasteiger partial charge on any atom is 0.310 e. The highest BCUT2D eigenvalue weighted by Crippen LogP contribution is 2.00. The number of pyridine rings is 1. The molecule has 0 aliphatic carbocycles. The van der Waals surface area contributed by atoms with Crippen molar-refractivity contribution in [3.8, 4) is 0 Å². The Balaban J connectivity index is 2.89. The second-order valence-corrected chi connectivity index (χ2v) is 2.76. The van der Waals surface area contributed by atoms with Crippen LogP contribution >= 0.6 is 0 Å². The van der Waals surface area contributed by atoms with E-state index in [1.165, 1.54) is 17.0 Å². The van der Waals surface area contributed by atoms with Crippen molar-refractivity contribution in [2.24, 2.45) is 0 Å². The molecule has 0 aliphatic rings. The molecule has 1 heterocycles. The van der Waals surface area contributed by atoms with Crippen LogP contribution in [0.5, 0.6) is 0 Å². The molecule has 74 valence electrons. The number of carboxylic acids is 2. The average Bonchev–Trinajstić information content (AvgIpc) is 2.15. The number of rotatable bonds is 4. The molecular weight excluding hydrogens is 186 g/mol. The summed E-state index contributed by atoms with van der Waals surface area (Å²) in [5, 5.41) is 19.1. The van der Waals surface area contributed by atoms with Gasteiger partial charge in [0.1, 0.15) is 12.4 Å². The molecule has 1 aromatic rings. The van der Waals surface area contributed by atoms with Crippen LogP contribution in [0, 0.1) is 0 Å². The number of hydrogen-bond acceptors (Lipinski definition) is 3. The lowest BCUT2D eigenvalue weighted by atomic mass is 10.2. The summed E-state index contributed by atoms with van der Waals surface area (Å²) in [6.45, 7) is 0. The van der Waals surface area contributed by atoms with Gasteiger partial charge in [-0.2, -0.15) is 4.57 Å². The van der Waals surface area contributed by atoms with Crippen LogP contribution in [-0.2, 0) is 9.59 Å². The number of nitrogens with zero attached hydrogens (tertiary/aromatic N) is 1. The van der Waals surface area contributed by atoms with Crippen LogP contribution in [0.15, 0.2) is 30.6 Å². The van der Waals surface area contributed by atoms with Gasteiger partial charge >= 0.3 is 5.97 Å². The maximum atomic E-state index is 10.6. The van der Waals surface area contributed by atoms with Gasteiger partial charge in [-0.1, -0.05) is 6.07 Å². The van der Waals surface area contributed by atoms with Gasteiger partial charge in [-0.15, -0.1) is 0 Å². The van der Waals surface area contributed by atoms with E-state index in [-0.39, 0.29) is 0 Å². The SMILES string of the molecule is O=C(O)C[C@@H](C(=O)[O-])[n+]1ccccc1. The fourth-order valence-electron chi connectivity index (χ4n) is 1.10. The smallest absolute Gasteiger partial charge is 0.310 e. The molecule has 1 atom stereocenters. The summed E-state index contributed by atoms with van der Waals surface area (Å²) in [6.07, 6.45) is 2.49. The van der Waals surface area contributed by atoms with Gasteiger partial charge in [0.2, 0.25) is 6.04 Å². The van der Waals surface area contributed by atoms with Crippen LogP contribution in [0.25, 0.3) is 0 Å². The molecule has 0 unspecified atom stereocenters. The first-order chi connectivity index (χ1) is 6.61. The molecule has 14 heavy (non-hydrogen) atoms. The molecule has 0 aliphatic heterocycles. The van der Waals surface area contributed by atoms with Gasteiger partial charge in [-0.25, -0.2) is 0 Å². The standard InChI is InChI=1S/C9H9NO4/c11-8(12)6-7(9(13)14)10-4-2-1-3-5-10/h1-5,7H,6H2,(H-,11,12,13,14)/t7-/m0/s1. The molecule has 0 amide bonds. The first-order valence-electron chi connectivity index (χ1n) is 3.99.